The first-order chi connectivity index (χ1) is 12.2. The van der Waals surface area contributed by atoms with Crippen LogP contribution in [0.25, 0.3) is 11.3 Å². The summed E-state index contributed by atoms with van der Waals surface area (Å²) in [5.41, 5.74) is 2.65. The molecule has 1 aliphatic rings. The van der Waals surface area contributed by atoms with Gasteiger partial charge in [-0.15, -0.1) is 0 Å². The van der Waals surface area contributed by atoms with E-state index in [1.165, 1.54) is 12.8 Å². The topological polar surface area (TPSA) is 64.7 Å². The maximum atomic E-state index is 12.6. The van der Waals surface area contributed by atoms with Crippen LogP contribution in [0.15, 0.2) is 48.9 Å². The molecule has 1 aromatic carbocycles. The van der Waals surface area contributed by atoms with Crippen LogP contribution in [0.5, 0.6) is 0 Å². The molecule has 6 nitrogen and oxygen atoms in total. The van der Waals surface area contributed by atoms with E-state index in [0.29, 0.717) is 0 Å². The van der Waals surface area contributed by atoms with Crippen molar-refractivity contribution in [2.45, 2.75) is 38.8 Å². The molecular weight excluding hydrogens is 314 g/mol. The zero-order chi connectivity index (χ0) is 17.2. The second kappa shape index (κ2) is 6.55. The lowest BCUT2D eigenvalue weighted by Crippen LogP contribution is -2.24. The molecule has 128 valence electrons. The fraction of sp³-hybridized carbons (Fsp3) is 0.316. The van der Waals surface area contributed by atoms with Gasteiger partial charge in [0.1, 0.15) is 11.9 Å². The summed E-state index contributed by atoms with van der Waals surface area (Å²) in [6.07, 6.45) is 8.97. The summed E-state index contributed by atoms with van der Waals surface area (Å²) in [5, 5.41) is 7.17. The Hall–Kier alpha value is -2.89. The van der Waals surface area contributed by atoms with Gasteiger partial charge >= 0.3 is 0 Å². The predicted octanol–water partition coefficient (Wildman–Crippen LogP) is 3.28. The summed E-state index contributed by atoms with van der Waals surface area (Å²) in [4.78, 5) is 17.4. The normalized spacial score (nSPS) is 14.8. The number of benzene rings is 1. The van der Waals surface area contributed by atoms with E-state index in [1.807, 2.05) is 37.3 Å². The molecular formula is C19H21N5O. The van der Waals surface area contributed by atoms with Crippen molar-refractivity contribution in [1.29, 1.82) is 0 Å². The van der Waals surface area contributed by atoms with Crippen molar-refractivity contribution in [3.8, 4) is 11.3 Å². The number of aryl methyl sites for hydroxylation is 2. The number of aromatic nitrogens is 4. The molecule has 25 heavy (non-hydrogen) atoms. The molecule has 1 amide bonds. The van der Waals surface area contributed by atoms with Crippen LogP contribution in [0.4, 0.5) is 5.69 Å². The molecule has 0 saturated carbocycles. The summed E-state index contributed by atoms with van der Waals surface area (Å²) in [6, 6.07) is 9.25. The molecule has 4 rings (SSSR count). The molecule has 0 aliphatic carbocycles. The molecule has 1 atom stereocenters. The predicted molar refractivity (Wildman–Crippen MR) is 96.2 cm³/mol. The van der Waals surface area contributed by atoms with E-state index < -0.39 is 0 Å². The van der Waals surface area contributed by atoms with Crippen molar-refractivity contribution in [2.75, 3.05) is 5.32 Å². The van der Waals surface area contributed by atoms with E-state index in [4.69, 9.17) is 4.98 Å². The van der Waals surface area contributed by atoms with Gasteiger partial charge in [0, 0.05) is 37.1 Å². The minimum Gasteiger partial charge on any atom is -0.334 e. The number of carbonyl (C=O) groups excluding carboxylic acids is 1. The average Bonchev–Trinajstić information content (AvgIpc) is 3.31. The third-order valence-electron chi connectivity index (χ3n) is 4.67. The zero-order valence-electron chi connectivity index (χ0n) is 14.2. The zero-order valence-corrected chi connectivity index (χ0v) is 14.2. The van der Waals surface area contributed by atoms with Gasteiger partial charge in [0.2, 0.25) is 5.91 Å². The molecule has 0 bridgehead atoms. The van der Waals surface area contributed by atoms with Gasteiger partial charge in [-0.2, -0.15) is 5.10 Å². The van der Waals surface area contributed by atoms with Crippen LogP contribution in [0.1, 0.15) is 31.6 Å². The number of fused-ring (bicyclic) bond motifs is 1. The summed E-state index contributed by atoms with van der Waals surface area (Å²) >= 11 is 0. The number of rotatable bonds is 4. The lowest BCUT2D eigenvalue weighted by atomic mass is 10.1. The van der Waals surface area contributed by atoms with Crippen LogP contribution in [-0.4, -0.2) is 25.2 Å². The molecule has 0 saturated heterocycles. The largest absolute Gasteiger partial charge is 0.334 e. The van der Waals surface area contributed by atoms with Gasteiger partial charge in [0.05, 0.1) is 11.4 Å². The van der Waals surface area contributed by atoms with Crippen LogP contribution >= 0.6 is 0 Å². The lowest BCUT2D eigenvalue weighted by Gasteiger charge is -2.14. The number of nitrogens with zero attached hydrogens (tertiary/aromatic N) is 4. The van der Waals surface area contributed by atoms with E-state index >= 15 is 0 Å². The smallest absolute Gasteiger partial charge is 0.248 e. The Morgan fingerprint density at radius 3 is 2.92 bits per heavy atom. The standard InChI is InChI=1S/C19H21N5O/c1-14(24-12-6-10-20-24)19(25)22-16-8-3-2-7-15(16)17-13-23-11-5-4-9-18(23)21-17/h2-3,6-8,10,12-14H,4-5,9,11H2,1H3,(H,22,25). The van der Waals surface area contributed by atoms with Crippen LogP contribution < -0.4 is 5.32 Å². The van der Waals surface area contributed by atoms with Crippen LogP contribution in [0.3, 0.4) is 0 Å². The minimum absolute atomic E-state index is 0.0971. The van der Waals surface area contributed by atoms with E-state index in [1.54, 1.807) is 17.1 Å². The van der Waals surface area contributed by atoms with Crippen molar-refractivity contribution in [3.63, 3.8) is 0 Å². The SMILES string of the molecule is CC(C(=O)Nc1ccccc1-c1cn2c(n1)CCCC2)n1cccn1. The Kier molecular flexibility index (Phi) is 4.09. The number of anilines is 1. The van der Waals surface area contributed by atoms with E-state index in [0.717, 1.165) is 35.7 Å². The van der Waals surface area contributed by atoms with Gasteiger partial charge in [-0.05, 0) is 31.9 Å². The fourth-order valence-electron chi connectivity index (χ4n) is 3.22. The first-order valence-electron chi connectivity index (χ1n) is 8.68. The summed E-state index contributed by atoms with van der Waals surface area (Å²) in [6.45, 7) is 2.85. The summed E-state index contributed by atoms with van der Waals surface area (Å²) in [7, 11) is 0. The Morgan fingerprint density at radius 1 is 1.24 bits per heavy atom. The minimum atomic E-state index is -0.377. The molecule has 6 heteroatoms. The van der Waals surface area contributed by atoms with Crippen molar-refractivity contribution in [3.05, 3.63) is 54.7 Å². The molecule has 3 aromatic rings. The average molecular weight is 335 g/mol. The highest BCUT2D eigenvalue weighted by atomic mass is 16.2. The molecule has 1 aliphatic heterocycles. The molecule has 2 aromatic heterocycles. The van der Waals surface area contributed by atoms with E-state index in [9.17, 15) is 4.79 Å². The molecule has 1 unspecified atom stereocenters. The quantitative estimate of drug-likeness (QED) is 0.796. The number of para-hydroxylation sites is 1. The van der Waals surface area contributed by atoms with Gasteiger partial charge in [-0.25, -0.2) is 4.98 Å². The number of nitrogens with one attached hydrogen (secondary N) is 1. The monoisotopic (exact) mass is 335 g/mol. The van der Waals surface area contributed by atoms with Crippen molar-refractivity contribution < 1.29 is 4.79 Å². The number of hydrogen-bond donors (Lipinski definition) is 1. The van der Waals surface area contributed by atoms with Crippen LogP contribution in [0.2, 0.25) is 0 Å². The molecule has 0 radical (unpaired) electrons. The Bertz CT molecular complexity index is 858. The number of amides is 1. The Labute approximate surface area is 146 Å². The van der Waals surface area contributed by atoms with Gasteiger partial charge in [0.25, 0.3) is 0 Å². The maximum absolute atomic E-state index is 12.6. The van der Waals surface area contributed by atoms with Crippen molar-refractivity contribution >= 4 is 11.6 Å². The first-order valence-corrected chi connectivity index (χ1v) is 8.68. The molecule has 1 N–H and O–H groups in total. The fourth-order valence-corrected chi connectivity index (χ4v) is 3.22. The molecule has 3 heterocycles. The Balaban J connectivity index is 1.61. The molecule has 0 fully saturated rings. The summed E-state index contributed by atoms with van der Waals surface area (Å²) < 4.78 is 3.87. The third kappa shape index (κ3) is 3.07. The Morgan fingerprint density at radius 2 is 2.12 bits per heavy atom. The van der Waals surface area contributed by atoms with Crippen molar-refractivity contribution in [2.24, 2.45) is 0 Å². The highest BCUT2D eigenvalue weighted by Crippen LogP contribution is 2.29. The van der Waals surface area contributed by atoms with Crippen LogP contribution in [0, 0.1) is 0 Å². The van der Waals surface area contributed by atoms with Gasteiger partial charge in [0.15, 0.2) is 0 Å². The summed E-state index contributed by atoms with van der Waals surface area (Å²) in [5.74, 6) is 1.03. The lowest BCUT2D eigenvalue weighted by molar-refractivity contribution is -0.119. The van der Waals surface area contributed by atoms with Gasteiger partial charge < -0.3 is 9.88 Å². The second-order valence-electron chi connectivity index (χ2n) is 6.39. The third-order valence-corrected chi connectivity index (χ3v) is 4.67. The van der Waals surface area contributed by atoms with Gasteiger partial charge in [-0.1, -0.05) is 18.2 Å². The van der Waals surface area contributed by atoms with E-state index in [2.05, 4.69) is 21.2 Å². The first kappa shape index (κ1) is 15.6. The van der Waals surface area contributed by atoms with Crippen molar-refractivity contribution in [1.82, 2.24) is 19.3 Å². The number of carbonyl (C=O) groups is 1. The highest BCUT2D eigenvalue weighted by molar-refractivity contribution is 5.97. The highest BCUT2D eigenvalue weighted by Gasteiger charge is 2.19. The number of imidazole rings is 1. The van der Waals surface area contributed by atoms with Gasteiger partial charge in [-0.3, -0.25) is 9.48 Å². The molecule has 0 spiro atoms. The number of hydrogen-bond acceptors (Lipinski definition) is 3. The van der Waals surface area contributed by atoms with E-state index in [-0.39, 0.29) is 11.9 Å². The second-order valence-corrected chi connectivity index (χ2v) is 6.39. The maximum Gasteiger partial charge on any atom is 0.248 e. The van der Waals surface area contributed by atoms with Crippen LogP contribution in [-0.2, 0) is 17.8 Å².